The van der Waals surface area contributed by atoms with Crippen molar-refractivity contribution in [1.82, 2.24) is 29.5 Å². The molecule has 13 heteroatoms. The second-order valence-electron chi connectivity index (χ2n) is 9.70. The number of benzene rings is 2. The summed E-state index contributed by atoms with van der Waals surface area (Å²) in [4.78, 5) is 21.6. The van der Waals surface area contributed by atoms with Crippen molar-refractivity contribution < 1.29 is 18.3 Å². The molecule has 5 aromatic rings. The molecule has 0 saturated carbocycles. The molecular formula is C29H25F2N9O2. The summed E-state index contributed by atoms with van der Waals surface area (Å²) < 4.78 is 37.7. The predicted molar refractivity (Wildman–Crippen MR) is 150 cm³/mol. The number of anilines is 2. The highest BCUT2D eigenvalue weighted by Gasteiger charge is 2.18. The number of ether oxygens (including phenoxy) is 1. The van der Waals surface area contributed by atoms with Gasteiger partial charge in [-0.25, -0.2) is 23.2 Å². The first kappa shape index (κ1) is 27.9. The highest BCUT2D eigenvalue weighted by atomic mass is 19.1. The van der Waals surface area contributed by atoms with Gasteiger partial charge in [0, 0.05) is 37.1 Å². The van der Waals surface area contributed by atoms with Crippen molar-refractivity contribution in [3.8, 4) is 34.8 Å². The molecule has 0 bridgehead atoms. The number of amides is 2. The molecule has 0 saturated heterocycles. The van der Waals surface area contributed by atoms with E-state index in [1.165, 1.54) is 35.1 Å². The SMILES string of the molecule is Cc1cc(F)c(NC(=O)Nc2cc(C(C)C)nn2-c2ccc(F)c(C#N)c2)cc1Oc1nccc(-c2cnn(C)c2)n1. The summed E-state index contributed by atoms with van der Waals surface area (Å²) in [7, 11) is 1.79. The monoisotopic (exact) mass is 569 g/mol. The fourth-order valence-corrected chi connectivity index (χ4v) is 4.03. The number of carbonyl (C=O) groups is 1. The highest BCUT2D eigenvalue weighted by Crippen LogP contribution is 2.30. The molecule has 0 unspecified atom stereocenters. The van der Waals surface area contributed by atoms with Gasteiger partial charge in [0.2, 0.25) is 0 Å². The van der Waals surface area contributed by atoms with Crippen molar-refractivity contribution in [2.75, 3.05) is 10.6 Å². The smallest absolute Gasteiger partial charge is 0.324 e. The van der Waals surface area contributed by atoms with E-state index < -0.39 is 17.7 Å². The maximum atomic E-state index is 14.9. The van der Waals surface area contributed by atoms with Crippen LogP contribution in [0.2, 0.25) is 0 Å². The van der Waals surface area contributed by atoms with Crippen LogP contribution in [0.25, 0.3) is 16.9 Å². The molecule has 3 heterocycles. The first-order chi connectivity index (χ1) is 20.1. The van der Waals surface area contributed by atoms with Crippen molar-refractivity contribution in [1.29, 1.82) is 5.26 Å². The van der Waals surface area contributed by atoms with E-state index >= 15 is 0 Å². The van der Waals surface area contributed by atoms with Crippen LogP contribution in [0.3, 0.4) is 0 Å². The Bertz CT molecular complexity index is 1840. The first-order valence-electron chi connectivity index (χ1n) is 12.8. The highest BCUT2D eigenvalue weighted by molar-refractivity contribution is 5.99. The molecule has 0 aliphatic rings. The topological polar surface area (TPSA) is 136 Å². The predicted octanol–water partition coefficient (Wildman–Crippen LogP) is 6.08. The number of hydrogen-bond donors (Lipinski definition) is 2. The average Bonchev–Trinajstić information content (AvgIpc) is 3.58. The summed E-state index contributed by atoms with van der Waals surface area (Å²) in [5, 5.41) is 23.0. The Labute approximate surface area is 239 Å². The second-order valence-corrected chi connectivity index (χ2v) is 9.70. The normalized spacial score (nSPS) is 10.9. The van der Waals surface area contributed by atoms with Gasteiger partial charge in [-0.15, -0.1) is 0 Å². The van der Waals surface area contributed by atoms with E-state index in [9.17, 15) is 18.8 Å². The number of aryl methyl sites for hydroxylation is 2. The number of rotatable bonds is 7. The number of halogens is 2. The van der Waals surface area contributed by atoms with Crippen LogP contribution in [0, 0.1) is 29.9 Å². The number of nitrogens with one attached hydrogen (secondary N) is 2. The van der Waals surface area contributed by atoms with Crippen LogP contribution in [0.15, 0.2) is 61.1 Å². The zero-order valence-electron chi connectivity index (χ0n) is 23.1. The molecule has 0 atom stereocenters. The van der Waals surface area contributed by atoms with Gasteiger partial charge in [-0.05, 0) is 48.7 Å². The van der Waals surface area contributed by atoms with Gasteiger partial charge < -0.3 is 10.1 Å². The van der Waals surface area contributed by atoms with Crippen molar-refractivity contribution >= 4 is 17.5 Å². The summed E-state index contributed by atoms with van der Waals surface area (Å²) in [5.74, 6) is -0.895. The van der Waals surface area contributed by atoms with Crippen LogP contribution >= 0.6 is 0 Å². The molecule has 42 heavy (non-hydrogen) atoms. The van der Waals surface area contributed by atoms with Gasteiger partial charge >= 0.3 is 12.0 Å². The van der Waals surface area contributed by atoms with Crippen molar-refractivity contribution in [3.05, 3.63) is 89.5 Å². The molecule has 212 valence electrons. The Balaban J connectivity index is 1.38. The van der Waals surface area contributed by atoms with Crippen LogP contribution in [0.1, 0.15) is 36.6 Å². The van der Waals surface area contributed by atoms with Gasteiger partial charge in [0.15, 0.2) is 0 Å². The van der Waals surface area contributed by atoms with Crippen molar-refractivity contribution in [3.63, 3.8) is 0 Å². The van der Waals surface area contributed by atoms with Gasteiger partial charge in [0.1, 0.15) is 29.3 Å². The molecule has 2 amide bonds. The van der Waals surface area contributed by atoms with Gasteiger partial charge in [-0.3, -0.25) is 10.00 Å². The molecular weight excluding hydrogens is 544 g/mol. The Morgan fingerprint density at radius 3 is 2.62 bits per heavy atom. The maximum Gasteiger partial charge on any atom is 0.324 e. The van der Waals surface area contributed by atoms with Crippen LogP contribution in [-0.4, -0.2) is 35.6 Å². The van der Waals surface area contributed by atoms with E-state index in [4.69, 9.17) is 4.74 Å². The minimum atomic E-state index is -0.766. The molecule has 0 aliphatic carbocycles. The molecule has 3 aromatic heterocycles. The lowest BCUT2D eigenvalue weighted by Crippen LogP contribution is -2.22. The minimum absolute atomic E-state index is 0.00104. The third-order valence-electron chi connectivity index (χ3n) is 6.22. The molecule has 0 fully saturated rings. The van der Waals surface area contributed by atoms with E-state index in [0.717, 1.165) is 11.6 Å². The zero-order chi connectivity index (χ0) is 30.0. The maximum absolute atomic E-state index is 14.9. The summed E-state index contributed by atoms with van der Waals surface area (Å²) in [5.41, 5.74) is 2.49. The standard InChI is InChI=1S/C29H25F2N9O2/c1-16(2)24-12-27(40(38-24)20-5-6-21(30)18(10-20)13-32)37-28(41)35-25-11-26(17(3)9-22(25)31)42-29-33-8-7-23(36-29)19-14-34-39(4)15-19/h5-12,14-16H,1-4H3,(H2,35,37,41). The molecule has 0 spiro atoms. The fraction of sp³-hybridized carbons (Fsp3) is 0.172. The third kappa shape index (κ3) is 5.92. The van der Waals surface area contributed by atoms with Crippen LogP contribution in [-0.2, 0) is 7.05 Å². The Hall–Kier alpha value is -5.64. The molecule has 5 rings (SSSR count). The second kappa shape index (κ2) is 11.5. The summed E-state index contributed by atoms with van der Waals surface area (Å²) >= 11 is 0. The zero-order valence-corrected chi connectivity index (χ0v) is 23.1. The first-order valence-corrected chi connectivity index (χ1v) is 12.8. The van der Waals surface area contributed by atoms with Crippen molar-refractivity contribution in [2.45, 2.75) is 26.7 Å². The molecule has 2 N–H and O–H groups in total. The molecule has 11 nitrogen and oxygen atoms in total. The van der Waals surface area contributed by atoms with Crippen LogP contribution in [0.5, 0.6) is 11.8 Å². The van der Waals surface area contributed by atoms with E-state index in [0.29, 0.717) is 22.6 Å². The van der Waals surface area contributed by atoms with E-state index in [1.54, 1.807) is 49.2 Å². The largest absolute Gasteiger partial charge is 0.424 e. The average molecular weight is 570 g/mol. The van der Waals surface area contributed by atoms with E-state index in [2.05, 4.69) is 30.8 Å². The number of nitriles is 1. The summed E-state index contributed by atoms with van der Waals surface area (Å²) in [6.45, 7) is 5.49. The van der Waals surface area contributed by atoms with Crippen molar-refractivity contribution in [2.24, 2.45) is 7.05 Å². The van der Waals surface area contributed by atoms with Crippen LogP contribution in [0.4, 0.5) is 25.1 Å². The minimum Gasteiger partial charge on any atom is -0.424 e. The third-order valence-corrected chi connectivity index (χ3v) is 6.22. The lowest BCUT2D eigenvalue weighted by atomic mass is 10.1. The van der Waals surface area contributed by atoms with Gasteiger partial charge in [0.25, 0.3) is 0 Å². The Morgan fingerprint density at radius 1 is 1.10 bits per heavy atom. The van der Waals surface area contributed by atoms with Crippen LogP contribution < -0.4 is 15.4 Å². The number of urea groups is 1. The lowest BCUT2D eigenvalue weighted by Gasteiger charge is -2.13. The Morgan fingerprint density at radius 2 is 1.90 bits per heavy atom. The summed E-state index contributed by atoms with van der Waals surface area (Å²) in [6, 6.07) is 10.9. The van der Waals surface area contributed by atoms with Gasteiger partial charge in [0.05, 0.1) is 34.5 Å². The number of hydrogen-bond acceptors (Lipinski definition) is 7. The van der Waals surface area contributed by atoms with E-state index in [-0.39, 0.29) is 34.7 Å². The molecule has 0 aliphatic heterocycles. The Kier molecular flexibility index (Phi) is 7.61. The van der Waals surface area contributed by atoms with E-state index in [1.807, 2.05) is 13.8 Å². The number of aromatic nitrogens is 6. The number of nitrogens with zero attached hydrogens (tertiary/aromatic N) is 7. The molecule has 0 radical (unpaired) electrons. The lowest BCUT2D eigenvalue weighted by molar-refractivity contribution is 0.262. The quantitative estimate of drug-likeness (QED) is 0.242. The van der Waals surface area contributed by atoms with Gasteiger partial charge in [-0.2, -0.15) is 20.4 Å². The fourth-order valence-electron chi connectivity index (χ4n) is 4.03. The molecule has 2 aromatic carbocycles. The number of carbonyl (C=O) groups excluding carboxylic acids is 1. The summed E-state index contributed by atoms with van der Waals surface area (Å²) in [6.07, 6.45) is 4.99. The van der Waals surface area contributed by atoms with Gasteiger partial charge in [-0.1, -0.05) is 13.8 Å².